The number of nitrogens with one attached hydrogen (secondary N) is 1. The van der Waals surface area contributed by atoms with Gasteiger partial charge in [0.2, 0.25) is 5.09 Å². The Morgan fingerprint density at radius 1 is 1.21 bits per heavy atom. The summed E-state index contributed by atoms with van der Waals surface area (Å²) in [6.07, 6.45) is 2.56. The van der Waals surface area contributed by atoms with Gasteiger partial charge >= 0.3 is 0 Å². The highest BCUT2D eigenvalue weighted by Gasteiger charge is 2.19. The second-order valence-electron chi connectivity index (χ2n) is 6.65. The summed E-state index contributed by atoms with van der Waals surface area (Å²) in [6.45, 7) is 7.19. The molecule has 1 aromatic heterocycles. The summed E-state index contributed by atoms with van der Waals surface area (Å²) in [4.78, 5) is 2.46. The van der Waals surface area contributed by atoms with E-state index in [0.29, 0.717) is 11.4 Å². The first-order valence-electron chi connectivity index (χ1n) is 8.33. The normalized spacial score (nSPS) is 19.3. The molecule has 6 heteroatoms. The average Bonchev–Trinajstić information content (AvgIpc) is 2.97. The minimum absolute atomic E-state index is 0.0635. The third-order valence-electron chi connectivity index (χ3n) is 4.33. The maximum atomic E-state index is 12.2. The Morgan fingerprint density at radius 2 is 1.96 bits per heavy atom. The molecule has 0 amide bonds. The molecule has 1 saturated heterocycles. The standard InChI is InChI=1S/C18H24N2O3S/c1-14-4-3-11-20(12-14)13-16-6-8-17(9-7-16)19-24(21,22)18-10-5-15(2)23-18/h5-10,14,19H,3-4,11-13H2,1-2H3. The summed E-state index contributed by atoms with van der Waals surface area (Å²) in [5.74, 6) is 1.32. The number of sulfonamides is 1. The number of likely N-dealkylation sites (tertiary alicyclic amines) is 1. The van der Waals surface area contributed by atoms with E-state index in [4.69, 9.17) is 4.42 Å². The van der Waals surface area contributed by atoms with E-state index >= 15 is 0 Å². The Balaban J connectivity index is 1.64. The SMILES string of the molecule is Cc1ccc(S(=O)(=O)Nc2ccc(CN3CCCC(C)C3)cc2)o1. The van der Waals surface area contributed by atoms with Gasteiger partial charge < -0.3 is 4.42 Å². The quantitative estimate of drug-likeness (QED) is 0.896. The van der Waals surface area contributed by atoms with Gasteiger partial charge in [0.05, 0.1) is 0 Å². The summed E-state index contributed by atoms with van der Waals surface area (Å²) in [7, 11) is -3.67. The molecular formula is C18H24N2O3S. The summed E-state index contributed by atoms with van der Waals surface area (Å²) < 4.78 is 32.2. The summed E-state index contributed by atoms with van der Waals surface area (Å²) >= 11 is 0. The van der Waals surface area contributed by atoms with Crippen LogP contribution in [0.4, 0.5) is 5.69 Å². The first kappa shape index (κ1) is 17.0. The van der Waals surface area contributed by atoms with Crippen LogP contribution in [-0.2, 0) is 16.6 Å². The number of furan rings is 1. The van der Waals surface area contributed by atoms with Crippen LogP contribution >= 0.6 is 0 Å². The molecule has 1 atom stereocenters. The van der Waals surface area contributed by atoms with Crippen molar-refractivity contribution in [2.24, 2.45) is 5.92 Å². The van der Waals surface area contributed by atoms with Gasteiger partial charge in [0.15, 0.2) is 0 Å². The van der Waals surface area contributed by atoms with Crippen LogP contribution in [0.3, 0.4) is 0 Å². The Bertz CT molecular complexity index is 781. The molecule has 0 spiro atoms. The average molecular weight is 348 g/mol. The van der Waals surface area contributed by atoms with Crippen molar-refractivity contribution in [3.8, 4) is 0 Å². The molecule has 2 heterocycles. The largest absolute Gasteiger partial charge is 0.448 e. The van der Waals surface area contributed by atoms with E-state index in [1.54, 1.807) is 25.1 Å². The van der Waals surface area contributed by atoms with Crippen LogP contribution in [0.2, 0.25) is 0 Å². The minimum Gasteiger partial charge on any atom is -0.448 e. The van der Waals surface area contributed by atoms with Crippen molar-refractivity contribution in [1.29, 1.82) is 0 Å². The number of hydrogen-bond acceptors (Lipinski definition) is 4. The molecule has 1 aliphatic heterocycles. The van der Waals surface area contributed by atoms with Gasteiger partial charge in [-0.1, -0.05) is 19.1 Å². The fourth-order valence-corrected chi connectivity index (χ4v) is 4.16. The summed E-state index contributed by atoms with van der Waals surface area (Å²) in [5.41, 5.74) is 1.74. The highest BCUT2D eigenvalue weighted by atomic mass is 32.2. The molecule has 1 unspecified atom stereocenters. The molecule has 0 bridgehead atoms. The Labute approximate surface area is 143 Å². The van der Waals surface area contributed by atoms with Crippen molar-refractivity contribution >= 4 is 15.7 Å². The van der Waals surface area contributed by atoms with Gasteiger partial charge in [0.1, 0.15) is 5.76 Å². The molecule has 2 aromatic rings. The van der Waals surface area contributed by atoms with Crippen LogP contribution < -0.4 is 4.72 Å². The zero-order valence-electron chi connectivity index (χ0n) is 14.2. The molecule has 0 radical (unpaired) electrons. The van der Waals surface area contributed by atoms with E-state index in [-0.39, 0.29) is 5.09 Å². The van der Waals surface area contributed by atoms with Gasteiger partial charge in [-0.25, -0.2) is 0 Å². The van der Waals surface area contributed by atoms with Crippen LogP contribution in [-0.4, -0.2) is 26.4 Å². The smallest absolute Gasteiger partial charge is 0.295 e. The first-order chi connectivity index (χ1) is 11.4. The van der Waals surface area contributed by atoms with Crippen molar-refractivity contribution in [2.45, 2.75) is 38.3 Å². The number of piperidine rings is 1. The molecule has 1 aromatic carbocycles. The maximum absolute atomic E-state index is 12.2. The van der Waals surface area contributed by atoms with E-state index in [1.807, 2.05) is 12.1 Å². The van der Waals surface area contributed by atoms with Crippen LogP contribution in [0.15, 0.2) is 45.9 Å². The lowest BCUT2D eigenvalue weighted by molar-refractivity contribution is 0.176. The lowest BCUT2D eigenvalue weighted by atomic mass is 10.00. The number of rotatable bonds is 5. The molecule has 0 aliphatic carbocycles. The molecule has 1 fully saturated rings. The van der Waals surface area contributed by atoms with Crippen LogP contribution in [0.25, 0.3) is 0 Å². The molecule has 24 heavy (non-hydrogen) atoms. The van der Waals surface area contributed by atoms with Crippen molar-refractivity contribution in [2.75, 3.05) is 17.8 Å². The van der Waals surface area contributed by atoms with Crippen molar-refractivity contribution < 1.29 is 12.8 Å². The number of anilines is 1. The van der Waals surface area contributed by atoms with Gasteiger partial charge in [-0.2, -0.15) is 8.42 Å². The second kappa shape index (κ2) is 6.99. The summed E-state index contributed by atoms with van der Waals surface area (Å²) in [6, 6.07) is 10.7. The highest BCUT2D eigenvalue weighted by molar-refractivity contribution is 7.92. The van der Waals surface area contributed by atoms with E-state index in [2.05, 4.69) is 16.5 Å². The van der Waals surface area contributed by atoms with E-state index in [9.17, 15) is 8.42 Å². The molecule has 5 nitrogen and oxygen atoms in total. The topological polar surface area (TPSA) is 62.6 Å². The molecule has 1 aliphatic rings. The van der Waals surface area contributed by atoms with Crippen molar-refractivity contribution in [3.63, 3.8) is 0 Å². The highest BCUT2D eigenvalue weighted by Crippen LogP contribution is 2.21. The lowest BCUT2D eigenvalue weighted by Crippen LogP contribution is -2.33. The molecule has 130 valence electrons. The number of nitrogens with zero attached hydrogens (tertiary/aromatic N) is 1. The van der Waals surface area contributed by atoms with E-state index in [1.165, 1.54) is 24.5 Å². The van der Waals surface area contributed by atoms with Crippen LogP contribution in [0, 0.1) is 12.8 Å². The van der Waals surface area contributed by atoms with Gasteiger partial charge in [0, 0.05) is 18.8 Å². The third-order valence-corrected chi connectivity index (χ3v) is 5.59. The number of benzene rings is 1. The van der Waals surface area contributed by atoms with Crippen LogP contribution in [0.1, 0.15) is 31.1 Å². The van der Waals surface area contributed by atoms with Crippen molar-refractivity contribution in [3.05, 3.63) is 47.7 Å². The Kier molecular flexibility index (Phi) is 4.96. The van der Waals surface area contributed by atoms with Crippen LogP contribution in [0.5, 0.6) is 0 Å². The van der Waals surface area contributed by atoms with E-state index < -0.39 is 10.0 Å². The van der Waals surface area contributed by atoms with E-state index in [0.717, 1.165) is 25.6 Å². The second-order valence-corrected chi connectivity index (χ2v) is 8.26. The summed E-state index contributed by atoms with van der Waals surface area (Å²) in [5, 5.41) is -0.0635. The molecule has 3 rings (SSSR count). The number of aryl methyl sites for hydroxylation is 1. The molecular weight excluding hydrogens is 324 g/mol. The zero-order chi connectivity index (χ0) is 17.2. The Morgan fingerprint density at radius 3 is 2.58 bits per heavy atom. The molecule has 1 N–H and O–H groups in total. The zero-order valence-corrected chi connectivity index (χ0v) is 15.0. The fraction of sp³-hybridized carbons (Fsp3) is 0.444. The van der Waals surface area contributed by atoms with Gasteiger partial charge in [-0.05, 0) is 62.1 Å². The minimum atomic E-state index is -3.67. The monoisotopic (exact) mass is 348 g/mol. The predicted molar refractivity (Wildman–Crippen MR) is 94.4 cm³/mol. The third kappa shape index (κ3) is 4.19. The van der Waals surface area contributed by atoms with Gasteiger partial charge in [-0.15, -0.1) is 0 Å². The maximum Gasteiger partial charge on any atom is 0.295 e. The van der Waals surface area contributed by atoms with Gasteiger partial charge in [-0.3, -0.25) is 9.62 Å². The molecule has 0 saturated carbocycles. The van der Waals surface area contributed by atoms with Crippen molar-refractivity contribution in [1.82, 2.24) is 4.90 Å². The number of hydrogen-bond donors (Lipinski definition) is 1. The Hall–Kier alpha value is -1.79. The lowest BCUT2D eigenvalue weighted by Gasteiger charge is -2.30. The van der Waals surface area contributed by atoms with Gasteiger partial charge in [0.25, 0.3) is 10.0 Å². The first-order valence-corrected chi connectivity index (χ1v) is 9.81. The fourth-order valence-electron chi connectivity index (χ4n) is 3.13. The predicted octanol–water partition coefficient (Wildman–Crippen LogP) is 3.62.